The first-order valence-electron chi connectivity index (χ1n) is 7.67. The summed E-state index contributed by atoms with van der Waals surface area (Å²) in [5, 5.41) is 0.699. The molecule has 0 atom stereocenters. The number of anilines is 1. The van der Waals surface area contributed by atoms with Crippen molar-refractivity contribution < 1.29 is 23.5 Å². The highest BCUT2D eigenvalue weighted by molar-refractivity contribution is 6.30. The number of halogens is 1. The quantitative estimate of drug-likeness (QED) is 0.691. The molecule has 8 heteroatoms. The molecule has 0 saturated heterocycles. The molecule has 0 saturated carbocycles. The molecule has 0 aliphatic heterocycles. The van der Waals surface area contributed by atoms with Gasteiger partial charge in [0.25, 0.3) is 0 Å². The third-order valence-corrected chi connectivity index (χ3v) is 2.93. The summed E-state index contributed by atoms with van der Waals surface area (Å²) in [5.41, 5.74) is -1.44. The fourth-order valence-corrected chi connectivity index (χ4v) is 2.14. The van der Waals surface area contributed by atoms with Gasteiger partial charge in [-0.2, -0.15) is 4.90 Å². The number of pyridine rings is 1. The normalized spacial score (nSPS) is 12.1. The molecule has 0 fully saturated rings. The molecule has 136 valence electrons. The van der Waals surface area contributed by atoms with E-state index in [1.807, 2.05) is 0 Å². The first kappa shape index (κ1) is 19.1. The van der Waals surface area contributed by atoms with E-state index in [1.54, 1.807) is 53.7 Å². The largest absolute Gasteiger partial charge is 0.443 e. The third-order valence-electron chi connectivity index (χ3n) is 2.75. The number of aromatic nitrogens is 1. The lowest BCUT2D eigenvalue weighted by Gasteiger charge is -2.27. The Morgan fingerprint density at radius 1 is 1.08 bits per heavy atom. The zero-order valence-corrected chi connectivity index (χ0v) is 15.8. The second-order valence-corrected chi connectivity index (χ2v) is 7.77. The van der Waals surface area contributed by atoms with Crippen LogP contribution in [-0.2, 0) is 9.47 Å². The lowest BCUT2D eigenvalue weighted by molar-refractivity contribution is 0.0429. The summed E-state index contributed by atoms with van der Waals surface area (Å²) in [7, 11) is 0. The minimum Gasteiger partial charge on any atom is -0.443 e. The standard InChI is InChI=1S/C17H21ClN2O5/c1-16(2,3)24-14(21)20(15(22)25-17(4,5)6)13-12-10(7-8-19-13)9-11(18)23-12/h7-9H,1-6H3. The van der Waals surface area contributed by atoms with Gasteiger partial charge in [0.05, 0.1) is 0 Å². The SMILES string of the molecule is CC(C)(C)OC(=O)N(C(=O)OC(C)(C)C)c1nccc2cc(Cl)oc12. The maximum absolute atomic E-state index is 12.6. The van der Waals surface area contributed by atoms with Gasteiger partial charge in [-0.15, -0.1) is 0 Å². The van der Waals surface area contributed by atoms with Crippen molar-refractivity contribution in [3.05, 3.63) is 23.5 Å². The average Bonchev–Trinajstić information content (AvgIpc) is 2.75. The second-order valence-electron chi connectivity index (χ2n) is 7.40. The van der Waals surface area contributed by atoms with E-state index in [2.05, 4.69) is 4.98 Å². The Labute approximate surface area is 150 Å². The van der Waals surface area contributed by atoms with Gasteiger partial charge < -0.3 is 13.9 Å². The van der Waals surface area contributed by atoms with Crippen molar-refractivity contribution >= 4 is 40.6 Å². The highest BCUT2D eigenvalue weighted by Crippen LogP contribution is 2.31. The molecule has 0 aromatic carbocycles. The number of imide groups is 1. The van der Waals surface area contributed by atoms with E-state index >= 15 is 0 Å². The van der Waals surface area contributed by atoms with Crippen molar-refractivity contribution in [1.29, 1.82) is 0 Å². The molecule has 0 spiro atoms. The van der Waals surface area contributed by atoms with Crippen LogP contribution in [0.5, 0.6) is 0 Å². The number of carbonyl (C=O) groups excluding carboxylic acids is 2. The molecule has 2 aromatic rings. The van der Waals surface area contributed by atoms with Crippen LogP contribution in [0.2, 0.25) is 5.22 Å². The number of amides is 2. The fraction of sp³-hybridized carbons (Fsp3) is 0.471. The Bertz CT molecular complexity index is 773. The molecule has 2 rings (SSSR count). The highest BCUT2D eigenvalue weighted by atomic mass is 35.5. The van der Waals surface area contributed by atoms with Gasteiger partial charge >= 0.3 is 12.2 Å². The van der Waals surface area contributed by atoms with E-state index < -0.39 is 23.4 Å². The van der Waals surface area contributed by atoms with Crippen LogP contribution in [0.4, 0.5) is 15.4 Å². The summed E-state index contributed by atoms with van der Waals surface area (Å²) in [6.45, 7) is 10.1. The third kappa shape index (κ3) is 4.85. The molecule has 7 nitrogen and oxygen atoms in total. The lowest BCUT2D eigenvalue weighted by atomic mass is 10.2. The molecular formula is C17H21ClN2O5. The Morgan fingerprint density at radius 2 is 1.60 bits per heavy atom. The zero-order valence-electron chi connectivity index (χ0n) is 15.0. The number of fused-ring (bicyclic) bond motifs is 1. The predicted octanol–water partition coefficient (Wildman–Crippen LogP) is 5.16. The van der Waals surface area contributed by atoms with E-state index in [0.717, 1.165) is 0 Å². The number of hydrogen-bond acceptors (Lipinski definition) is 6. The van der Waals surface area contributed by atoms with E-state index in [9.17, 15) is 9.59 Å². The van der Waals surface area contributed by atoms with Gasteiger partial charge in [-0.05, 0) is 59.2 Å². The molecule has 2 amide bonds. The first-order chi connectivity index (χ1) is 11.4. The van der Waals surface area contributed by atoms with Crippen molar-refractivity contribution in [2.45, 2.75) is 52.7 Å². The average molecular weight is 369 g/mol. The van der Waals surface area contributed by atoms with Crippen molar-refractivity contribution in [3.63, 3.8) is 0 Å². The molecule has 25 heavy (non-hydrogen) atoms. The summed E-state index contributed by atoms with van der Waals surface area (Å²) in [4.78, 5) is 30.1. The van der Waals surface area contributed by atoms with Crippen LogP contribution in [0, 0.1) is 0 Å². The molecule has 0 aliphatic rings. The van der Waals surface area contributed by atoms with Gasteiger partial charge in [-0.25, -0.2) is 14.6 Å². The molecule has 2 aromatic heterocycles. The Kier molecular flexibility index (Phi) is 4.99. The zero-order chi connectivity index (χ0) is 19.0. The van der Waals surface area contributed by atoms with E-state index in [0.29, 0.717) is 10.3 Å². The summed E-state index contributed by atoms with van der Waals surface area (Å²) < 4.78 is 16.0. The Morgan fingerprint density at radius 3 is 2.08 bits per heavy atom. The van der Waals surface area contributed by atoms with Crippen molar-refractivity contribution in [3.8, 4) is 0 Å². The second kappa shape index (κ2) is 6.55. The number of carbonyl (C=O) groups is 2. The van der Waals surface area contributed by atoms with Gasteiger partial charge in [0.15, 0.2) is 16.6 Å². The van der Waals surface area contributed by atoms with Crippen LogP contribution in [0.3, 0.4) is 0 Å². The number of ether oxygens (including phenoxy) is 2. The number of hydrogen-bond donors (Lipinski definition) is 0. The van der Waals surface area contributed by atoms with Gasteiger partial charge in [0, 0.05) is 17.6 Å². The van der Waals surface area contributed by atoms with Gasteiger partial charge in [0.2, 0.25) is 0 Å². The molecule has 0 radical (unpaired) electrons. The van der Waals surface area contributed by atoms with Gasteiger partial charge in [-0.3, -0.25) is 0 Å². The van der Waals surface area contributed by atoms with Crippen molar-refractivity contribution in [2.75, 3.05) is 4.90 Å². The monoisotopic (exact) mass is 368 g/mol. The predicted molar refractivity (Wildman–Crippen MR) is 94.0 cm³/mol. The van der Waals surface area contributed by atoms with Crippen LogP contribution >= 0.6 is 11.6 Å². The van der Waals surface area contributed by atoms with Crippen LogP contribution < -0.4 is 4.90 Å². The van der Waals surface area contributed by atoms with Crippen LogP contribution in [0.1, 0.15) is 41.5 Å². The Balaban J connectivity index is 2.53. The van der Waals surface area contributed by atoms with Gasteiger partial charge in [-0.1, -0.05) is 0 Å². The topological polar surface area (TPSA) is 81.9 Å². The minimum absolute atomic E-state index is 0.0482. The van der Waals surface area contributed by atoms with Crippen molar-refractivity contribution in [1.82, 2.24) is 4.98 Å². The summed E-state index contributed by atoms with van der Waals surface area (Å²) in [5.74, 6) is -0.0482. The summed E-state index contributed by atoms with van der Waals surface area (Å²) in [6.07, 6.45) is -0.408. The molecule has 0 N–H and O–H groups in total. The maximum atomic E-state index is 12.6. The molecule has 0 unspecified atom stereocenters. The molecular weight excluding hydrogens is 348 g/mol. The number of furan rings is 1. The highest BCUT2D eigenvalue weighted by Gasteiger charge is 2.35. The summed E-state index contributed by atoms with van der Waals surface area (Å²) >= 11 is 5.89. The molecule has 0 aliphatic carbocycles. The van der Waals surface area contributed by atoms with Gasteiger partial charge in [0.1, 0.15) is 11.2 Å². The van der Waals surface area contributed by atoms with Crippen LogP contribution in [-0.4, -0.2) is 28.4 Å². The first-order valence-corrected chi connectivity index (χ1v) is 8.05. The van der Waals surface area contributed by atoms with E-state index in [4.69, 9.17) is 25.5 Å². The van der Waals surface area contributed by atoms with E-state index in [-0.39, 0.29) is 16.6 Å². The maximum Gasteiger partial charge on any atom is 0.425 e. The molecule has 0 bridgehead atoms. The van der Waals surface area contributed by atoms with Crippen LogP contribution in [0.15, 0.2) is 22.7 Å². The fourth-order valence-electron chi connectivity index (χ4n) is 1.94. The lowest BCUT2D eigenvalue weighted by Crippen LogP contribution is -2.44. The van der Waals surface area contributed by atoms with E-state index in [1.165, 1.54) is 6.20 Å². The van der Waals surface area contributed by atoms with Crippen molar-refractivity contribution in [2.24, 2.45) is 0 Å². The van der Waals surface area contributed by atoms with Crippen LogP contribution in [0.25, 0.3) is 11.0 Å². The Hall–Kier alpha value is -2.28. The minimum atomic E-state index is -0.922. The smallest absolute Gasteiger partial charge is 0.425 e. The molecule has 2 heterocycles. The number of rotatable bonds is 1. The number of nitrogens with zero attached hydrogens (tertiary/aromatic N) is 2. The summed E-state index contributed by atoms with van der Waals surface area (Å²) in [6, 6.07) is 3.21.